The number of nitrogens with zero attached hydrogens (tertiary/aromatic N) is 2. The number of pyridine rings is 1. The summed E-state index contributed by atoms with van der Waals surface area (Å²) in [6.07, 6.45) is 0. The van der Waals surface area contributed by atoms with Crippen molar-refractivity contribution in [2.24, 2.45) is 0 Å². The van der Waals surface area contributed by atoms with Crippen molar-refractivity contribution >= 4 is 61.6 Å². The Morgan fingerprint density at radius 3 is 1.89 bits per heavy atom. The van der Waals surface area contributed by atoms with Gasteiger partial charge >= 0.3 is 0 Å². The minimum Gasteiger partial charge on any atom is -0.283 e. The van der Waals surface area contributed by atoms with Gasteiger partial charge < -0.3 is 0 Å². The summed E-state index contributed by atoms with van der Waals surface area (Å²) in [7, 11) is -4.43. The van der Waals surface area contributed by atoms with E-state index in [-0.39, 0.29) is 11.4 Å². The lowest BCUT2D eigenvalue weighted by Gasteiger charge is -2.29. The fraction of sp³-hybridized carbons (Fsp3) is 0.0800. The van der Waals surface area contributed by atoms with Gasteiger partial charge in [-0.2, -0.15) is 0 Å². The van der Waals surface area contributed by atoms with Gasteiger partial charge in [0.15, 0.2) is 0 Å². The van der Waals surface area contributed by atoms with Crippen LogP contribution in [-0.4, -0.2) is 13.0 Å². The van der Waals surface area contributed by atoms with Crippen LogP contribution in [-0.2, 0) is 10.0 Å². The second-order valence-corrected chi connectivity index (χ2v) is 11.8. The molecule has 0 saturated heterocycles. The first kappa shape index (κ1) is 24.3. The molecule has 1 aliphatic rings. The van der Waals surface area contributed by atoms with Gasteiger partial charge in [0.25, 0.3) is 15.6 Å². The predicted octanol–water partition coefficient (Wildman–Crippen LogP) is 6.44. The summed E-state index contributed by atoms with van der Waals surface area (Å²) in [5, 5.41) is 0.975. The number of fused-ring (bicyclic) bond motifs is 1. The highest BCUT2D eigenvalue weighted by molar-refractivity contribution is 14.1. The highest BCUT2D eigenvalue weighted by atomic mass is 127. The largest absolute Gasteiger partial charge is 0.283 e. The number of anilines is 1. The maximum Gasteiger partial charge on any atom is 0.269 e. The van der Waals surface area contributed by atoms with Crippen LogP contribution in [0.2, 0.25) is 10.0 Å². The molecule has 1 aromatic heterocycles. The normalized spacial score (nSPS) is 17.4. The first-order chi connectivity index (χ1) is 16.7. The minimum atomic E-state index is -4.43. The number of sulfonamides is 1. The van der Waals surface area contributed by atoms with E-state index in [2.05, 4.69) is 0 Å². The Morgan fingerprint density at radius 1 is 0.771 bits per heavy atom. The number of benzene rings is 3. The Hall–Kier alpha value is -2.40. The van der Waals surface area contributed by atoms with Crippen LogP contribution < -0.4 is 9.86 Å². The molecule has 0 fully saturated rings. The Morgan fingerprint density at radius 2 is 1.31 bits per heavy atom. The van der Waals surface area contributed by atoms with Crippen LogP contribution in [0.5, 0.6) is 0 Å². The van der Waals surface area contributed by atoms with Crippen LogP contribution in [0, 0.1) is 9.39 Å². The number of rotatable bonds is 4. The zero-order chi connectivity index (χ0) is 24.9. The third-order valence-corrected chi connectivity index (χ3v) is 9.04. The molecule has 2 atom stereocenters. The summed E-state index contributed by atoms with van der Waals surface area (Å²) >= 11 is 14.2. The van der Waals surface area contributed by atoms with Gasteiger partial charge in [-0.15, -0.1) is 0 Å². The second kappa shape index (κ2) is 9.24. The van der Waals surface area contributed by atoms with Gasteiger partial charge in [0.2, 0.25) is 0 Å². The van der Waals surface area contributed by atoms with Crippen molar-refractivity contribution in [3.05, 3.63) is 126 Å². The molecular weight excluding hydrogens is 625 g/mol. The van der Waals surface area contributed by atoms with Crippen molar-refractivity contribution in [3.8, 4) is 0 Å². The molecule has 0 bridgehead atoms. The first-order valence-electron chi connectivity index (χ1n) is 10.4. The lowest BCUT2D eigenvalue weighted by molar-refractivity contribution is 0.524. The number of hydrogen-bond donors (Lipinski definition) is 0. The number of hydrogen-bond acceptors (Lipinski definition) is 3. The van der Waals surface area contributed by atoms with Gasteiger partial charge in [-0.25, -0.2) is 17.1 Å². The minimum absolute atomic E-state index is 0.138. The summed E-state index contributed by atoms with van der Waals surface area (Å²) in [4.78, 5) is 13.0. The zero-order valence-electron chi connectivity index (χ0n) is 17.8. The fourth-order valence-electron chi connectivity index (χ4n) is 4.38. The van der Waals surface area contributed by atoms with Crippen LogP contribution in [0.15, 0.2) is 94.6 Å². The van der Waals surface area contributed by atoms with E-state index in [1.54, 1.807) is 60.7 Å². The fourth-order valence-corrected chi connectivity index (χ4v) is 6.78. The van der Waals surface area contributed by atoms with Gasteiger partial charge in [0.1, 0.15) is 16.5 Å². The molecule has 35 heavy (non-hydrogen) atoms. The van der Waals surface area contributed by atoms with Gasteiger partial charge in [0, 0.05) is 10.0 Å². The molecule has 5 rings (SSSR count). The Bertz CT molecular complexity index is 1590. The first-order valence-corrected chi connectivity index (χ1v) is 13.7. The van der Waals surface area contributed by atoms with Crippen LogP contribution in [0.25, 0.3) is 0 Å². The molecule has 178 valence electrons. The summed E-state index contributed by atoms with van der Waals surface area (Å²) in [6, 6.07) is 20.3. The smallest absolute Gasteiger partial charge is 0.269 e. The molecule has 5 nitrogen and oxygen atoms in total. The Balaban J connectivity index is 1.85. The van der Waals surface area contributed by atoms with E-state index >= 15 is 0 Å². The lowest BCUT2D eigenvalue weighted by Crippen LogP contribution is -2.34. The van der Waals surface area contributed by atoms with E-state index in [4.69, 9.17) is 23.2 Å². The van der Waals surface area contributed by atoms with Crippen molar-refractivity contribution < 1.29 is 12.8 Å². The third kappa shape index (κ3) is 4.16. The maximum atomic E-state index is 14.8. The summed E-state index contributed by atoms with van der Waals surface area (Å²) in [5.41, 5.74) is 0.909. The van der Waals surface area contributed by atoms with E-state index in [9.17, 15) is 17.6 Å². The van der Waals surface area contributed by atoms with E-state index in [0.717, 1.165) is 10.4 Å². The van der Waals surface area contributed by atoms with Crippen molar-refractivity contribution in [1.29, 1.82) is 0 Å². The summed E-state index contributed by atoms with van der Waals surface area (Å²) in [5.74, 6) is -0.740. The Labute approximate surface area is 224 Å². The highest BCUT2D eigenvalue weighted by Crippen LogP contribution is 2.49. The van der Waals surface area contributed by atoms with Gasteiger partial charge in [-0.05, 0) is 82.2 Å². The molecule has 0 N–H and O–H groups in total. The van der Waals surface area contributed by atoms with E-state index in [1.807, 2.05) is 22.6 Å². The monoisotopic (exact) mass is 640 g/mol. The summed E-state index contributed by atoms with van der Waals surface area (Å²) in [6.45, 7) is 0. The van der Waals surface area contributed by atoms with Crippen molar-refractivity contribution in [2.45, 2.75) is 17.0 Å². The lowest BCUT2D eigenvalue weighted by atomic mass is 9.94. The SMILES string of the molecule is O=c1c(I)ccc2n1C(c1ccc(Cl)cc1)C(c1ccc(Cl)cc1)N2S(=O)(=O)c1ccccc1F. The van der Waals surface area contributed by atoms with Crippen molar-refractivity contribution in [2.75, 3.05) is 4.31 Å². The maximum absolute atomic E-state index is 14.8. The van der Waals surface area contributed by atoms with Gasteiger partial charge in [-0.1, -0.05) is 59.6 Å². The molecule has 3 aromatic carbocycles. The van der Waals surface area contributed by atoms with Crippen LogP contribution in [0.4, 0.5) is 10.2 Å². The van der Waals surface area contributed by atoms with Crippen molar-refractivity contribution in [3.63, 3.8) is 0 Å². The second-order valence-electron chi connectivity index (χ2n) is 7.94. The van der Waals surface area contributed by atoms with E-state index in [0.29, 0.717) is 24.7 Å². The average molecular weight is 641 g/mol. The number of aromatic nitrogens is 1. The molecular formula is C25H16Cl2FIN2O3S. The molecule has 1 aliphatic heterocycles. The highest BCUT2D eigenvalue weighted by Gasteiger charge is 2.47. The van der Waals surface area contributed by atoms with Crippen LogP contribution in [0.3, 0.4) is 0 Å². The molecule has 0 aliphatic carbocycles. The quantitative estimate of drug-likeness (QED) is 0.241. The molecule has 4 aromatic rings. The molecule has 10 heteroatoms. The molecule has 2 heterocycles. The predicted molar refractivity (Wildman–Crippen MR) is 143 cm³/mol. The summed E-state index contributed by atoms with van der Waals surface area (Å²) < 4.78 is 45.8. The van der Waals surface area contributed by atoms with Crippen molar-refractivity contribution in [1.82, 2.24) is 4.57 Å². The van der Waals surface area contributed by atoms with Crippen LogP contribution >= 0.6 is 45.8 Å². The standard InChI is InChI=1S/C25H16Cl2FIN2O3S/c26-17-9-5-15(6-10-17)23-24(16-7-11-18(27)12-8-16)31(22-14-13-20(29)25(32)30(22)23)35(33,34)21-4-2-1-3-19(21)28/h1-14,23-24H. The topological polar surface area (TPSA) is 59.4 Å². The molecule has 0 amide bonds. The molecule has 0 saturated carbocycles. The third-order valence-electron chi connectivity index (χ3n) is 5.90. The van der Waals surface area contributed by atoms with Crippen LogP contribution in [0.1, 0.15) is 23.2 Å². The van der Waals surface area contributed by atoms with E-state index < -0.39 is 32.8 Å². The zero-order valence-corrected chi connectivity index (χ0v) is 22.3. The molecule has 0 spiro atoms. The van der Waals surface area contributed by atoms with E-state index in [1.165, 1.54) is 22.8 Å². The van der Waals surface area contributed by atoms with Gasteiger partial charge in [0.05, 0.1) is 15.7 Å². The average Bonchev–Trinajstić information content (AvgIpc) is 3.19. The van der Waals surface area contributed by atoms with Gasteiger partial charge in [-0.3, -0.25) is 9.36 Å². The number of halogens is 4. The molecule has 0 radical (unpaired) electrons. The Kier molecular flexibility index (Phi) is 6.41. The molecule has 2 unspecified atom stereocenters.